The zero-order valence-corrected chi connectivity index (χ0v) is 17.2. The number of hydrogen-bond donors (Lipinski definition) is 1. The molecule has 146 valence electrons. The minimum absolute atomic E-state index is 0.120. The fraction of sp³-hybridized carbons (Fsp3) is 0.217. The highest BCUT2D eigenvalue weighted by atomic mass is 35.5. The Morgan fingerprint density at radius 1 is 1.10 bits per heavy atom. The third-order valence-electron chi connectivity index (χ3n) is 5.80. The van der Waals surface area contributed by atoms with E-state index in [0.29, 0.717) is 22.4 Å². The Morgan fingerprint density at radius 3 is 2.66 bits per heavy atom. The van der Waals surface area contributed by atoms with E-state index in [-0.39, 0.29) is 17.6 Å². The van der Waals surface area contributed by atoms with E-state index in [2.05, 4.69) is 22.6 Å². The lowest BCUT2D eigenvalue weighted by molar-refractivity contribution is -0.116. The molecule has 0 unspecified atom stereocenters. The number of ketones is 1. The quantitative estimate of drug-likeness (QED) is 0.528. The predicted octanol–water partition coefficient (Wildman–Crippen LogP) is 6.25. The van der Waals surface area contributed by atoms with Crippen LogP contribution in [-0.2, 0) is 4.79 Å². The number of aromatic nitrogens is 1. The van der Waals surface area contributed by atoms with E-state index in [4.69, 9.17) is 27.7 Å². The van der Waals surface area contributed by atoms with Crippen LogP contribution >= 0.6 is 23.2 Å². The predicted molar refractivity (Wildman–Crippen MR) is 114 cm³/mol. The SMILES string of the molecule is Cc1noc2c1[C@H](c1ccc(Cl)cc1Cl)C1=C(C[C@@H](c3ccccc3)CC1=O)N2. The molecule has 2 aliphatic rings. The number of benzene rings is 2. The molecule has 0 saturated carbocycles. The highest BCUT2D eigenvalue weighted by Crippen LogP contribution is 2.50. The smallest absolute Gasteiger partial charge is 0.233 e. The van der Waals surface area contributed by atoms with E-state index in [1.54, 1.807) is 12.1 Å². The molecular formula is C23H18Cl2N2O2. The number of fused-ring (bicyclic) bond motifs is 1. The average Bonchev–Trinajstić information content (AvgIpc) is 3.08. The number of aryl methyl sites for hydroxylation is 1. The Bertz CT molecular complexity index is 1150. The third kappa shape index (κ3) is 3.07. The first kappa shape index (κ1) is 18.5. The maximum absolute atomic E-state index is 13.4. The maximum Gasteiger partial charge on any atom is 0.233 e. The highest BCUT2D eigenvalue weighted by Gasteiger charge is 2.41. The number of halogens is 2. The van der Waals surface area contributed by atoms with Gasteiger partial charge >= 0.3 is 0 Å². The molecule has 0 spiro atoms. The minimum atomic E-state index is -0.318. The fourth-order valence-corrected chi connectivity index (χ4v) is 5.00. The van der Waals surface area contributed by atoms with E-state index in [1.165, 1.54) is 0 Å². The van der Waals surface area contributed by atoms with Crippen molar-refractivity contribution in [3.05, 3.63) is 92.2 Å². The number of rotatable bonds is 2. The summed E-state index contributed by atoms with van der Waals surface area (Å²) in [4.78, 5) is 13.4. The van der Waals surface area contributed by atoms with Crippen molar-refractivity contribution < 1.29 is 9.32 Å². The summed E-state index contributed by atoms with van der Waals surface area (Å²) < 4.78 is 5.55. The number of nitrogens with one attached hydrogen (secondary N) is 1. The Balaban J connectivity index is 1.66. The standard InChI is InChI=1S/C23H18Cl2N2O2/c1-12-20-21(16-8-7-15(24)11-17(16)25)22-18(26-23(20)29-27-12)9-14(10-19(22)28)13-5-3-2-4-6-13/h2-8,11,14,21,26H,9-10H2,1H3/t14-,21+/m1/s1. The van der Waals surface area contributed by atoms with Crippen molar-refractivity contribution in [2.45, 2.75) is 31.6 Å². The molecule has 1 aliphatic carbocycles. The number of nitrogens with zero attached hydrogens (tertiary/aromatic N) is 1. The molecule has 4 nitrogen and oxygen atoms in total. The first-order valence-corrected chi connectivity index (χ1v) is 10.3. The van der Waals surface area contributed by atoms with Crippen molar-refractivity contribution in [1.29, 1.82) is 0 Å². The molecule has 2 atom stereocenters. The summed E-state index contributed by atoms with van der Waals surface area (Å²) >= 11 is 12.7. The molecule has 1 aliphatic heterocycles. The molecule has 0 fully saturated rings. The van der Waals surface area contributed by atoms with Crippen molar-refractivity contribution in [2.75, 3.05) is 5.32 Å². The van der Waals surface area contributed by atoms with Crippen LogP contribution in [0.5, 0.6) is 0 Å². The lowest BCUT2D eigenvalue weighted by atomic mass is 9.72. The molecule has 29 heavy (non-hydrogen) atoms. The van der Waals surface area contributed by atoms with Crippen LogP contribution in [0.3, 0.4) is 0 Å². The maximum atomic E-state index is 13.4. The van der Waals surface area contributed by atoms with E-state index >= 15 is 0 Å². The van der Waals surface area contributed by atoms with Gasteiger partial charge in [0.15, 0.2) is 5.78 Å². The minimum Gasteiger partial charge on any atom is -0.338 e. The summed E-state index contributed by atoms with van der Waals surface area (Å²) in [6, 6.07) is 15.5. The van der Waals surface area contributed by atoms with Crippen LogP contribution in [0.25, 0.3) is 0 Å². The van der Waals surface area contributed by atoms with E-state index < -0.39 is 0 Å². The lowest BCUT2D eigenvalue weighted by Crippen LogP contribution is -2.29. The molecule has 2 heterocycles. The van der Waals surface area contributed by atoms with Gasteiger partial charge in [0, 0.05) is 33.7 Å². The lowest BCUT2D eigenvalue weighted by Gasteiger charge is -2.34. The van der Waals surface area contributed by atoms with Crippen molar-refractivity contribution in [3.63, 3.8) is 0 Å². The van der Waals surface area contributed by atoms with Crippen molar-refractivity contribution in [3.8, 4) is 0 Å². The van der Waals surface area contributed by atoms with Gasteiger partial charge in [-0.05, 0) is 42.5 Å². The highest BCUT2D eigenvalue weighted by molar-refractivity contribution is 6.35. The van der Waals surface area contributed by atoms with Crippen LogP contribution in [-0.4, -0.2) is 10.9 Å². The summed E-state index contributed by atoms with van der Waals surface area (Å²) in [5, 5.41) is 8.56. The number of carbonyl (C=O) groups is 1. The summed E-state index contributed by atoms with van der Waals surface area (Å²) in [7, 11) is 0. The fourth-order valence-electron chi connectivity index (χ4n) is 4.48. The summed E-state index contributed by atoms with van der Waals surface area (Å²) in [6.07, 6.45) is 1.19. The number of carbonyl (C=O) groups excluding carboxylic acids is 1. The van der Waals surface area contributed by atoms with Crippen molar-refractivity contribution >= 4 is 34.9 Å². The second-order valence-electron chi connectivity index (χ2n) is 7.57. The molecular weight excluding hydrogens is 407 g/mol. The monoisotopic (exact) mass is 424 g/mol. The van der Waals surface area contributed by atoms with Crippen LogP contribution in [0, 0.1) is 6.92 Å². The Kier molecular flexibility index (Phi) is 4.49. The molecule has 0 saturated heterocycles. The van der Waals surface area contributed by atoms with Crippen LogP contribution in [0.1, 0.15) is 47.1 Å². The van der Waals surface area contributed by atoms with Gasteiger partial charge in [0.25, 0.3) is 0 Å². The topological polar surface area (TPSA) is 55.1 Å². The zero-order chi connectivity index (χ0) is 20.1. The van der Waals surface area contributed by atoms with Crippen molar-refractivity contribution in [1.82, 2.24) is 5.16 Å². The van der Waals surface area contributed by atoms with Crippen LogP contribution in [0.2, 0.25) is 10.0 Å². The van der Waals surface area contributed by atoms with Crippen LogP contribution in [0.15, 0.2) is 64.3 Å². The van der Waals surface area contributed by atoms with Gasteiger partial charge in [-0.15, -0.1) is 0 Å². The molecule has 0 bridgehead atoms. The van der Waals surface area contributed by atoms with Gasteiger partial charge in [-0.2, -0.15) is 0 Å². The molecule has 1 N–H and O–H groups in total. The molecule has 3 aromatic rings. The largest absolute Gasteiger partial charge is 0.338 e. The summed E-state index contributed by atoms with van der Waals surface area (Å²) in [5.74, 6) is 0.511. The van der Waals surface area contributed by atoms with E-state index in [9.17, 15) is 4.79 Å². The molecule has 0 amide bonds. The van der Waals surface area contributed by atoms with Crippen molar-refractivity contribution in [2.24, 2.45) is 0 Å². The normalized spacial score (nSPS) is 20.9. The van der Waals surface area contributed by atoms with Gasteiger partial charge in [0.05, 0.1) is 11.3 Å². The molecule has 2 aromatic carbocycles. The van der Waals surface area contributed by atoms with Gasteiger partial charge in [-0.3, -0.25) is 4.79 Å². The van der Waals surface area contributed by atoms with Gasteiger partial charge in [0.1, 0.15) is 0 Å². The van der Waals surface area contributed by atoms with Crippen LogP contribution < -0.4 is 5.32 Å². The first-order chi connectivity index (χ1) is 14.0. The number of hydrogen-bond acceptors (Lipinski definition) is 4. The summed E-state index contributed by atoms with van der Waals surface area (Å²) in [5.41, 5.74) is 5.24. The number of allylic oxidation sites excluding steroid dienone is 2. The average molecular weight is 425 g/mol. The number of anilines is 1. The first-order valence-electron chi connectivity index (χ1n) is 9.52. The molecule has 6 heteroatoms. The molecule has 1 aromatic heterocycles. The summed E-state index contributed by atoms with van der Waals surface area (Å²) in [6.45, 7) is 1.88. The molecule has 5 rings (SSSR count). The van der Waals surface area contributed by atoms with E-state index in [1.807, 2.05) is 31.2 Å². The third-order valence-corrected chi connectivity index (χ3v) is 6.36. The number of Topliss-reactive ketones (excluding diaryl/α,β-unsaturated/α-hetero) is 1. The van der Waals surface area contributed by atoms with Gasteiger partial charge < -0.3 is 9.84 Å². The van der Waals surface area contributed by atoms with Crippen LogP contribution in [0.4, 0.5) is 5.88 Å². The second kappa shape index (κ2) is 7.05. The van der Waals surface area contributed by atoms with Gasteiger partial charge in [-0.1, -0.05) is 64.8 Å². The second-order valence-corrected chi connectivity index (χ2v) is 8.41. The van der Waals surface area contributed by atoms with Gasteiger partial charge in [-0.25, -0.2) is 0 Å². The molecule has 0 radical (unpaired) electrons. The zero-order valence-electron chi connectivity index (χ0n) is 15.7. The Hall–Kier alpha value is -2.56. The van der Waals surface area contributed by atoms with E-state index in [0.717, 1.165) is 40.1 Å². The Morgan fingerprint density at radius 2 is 1.90 bits per heavy atom. The Labute approximate surface area is 178 Å². The van der Waals surface area contributed by atoms with Gasteiger partial charge in [0.2, 0.25) is 5.88 Å².